The van der Waals surface area contributed by atoms with Crippen LogP contribution in [0.5, 0.6) is 0 Å². The molecule has 2 amide bonds. The number of hydrogen-bond donors (Lipinski definition) is 4. The van der Waals surface area contributed by atoms with E-state index in [-0.39, 0.29) is 35.8 Å². The zero-order valence-electron chi connectivity index (χ0n) is 28.5. The number of nitrogens with two attached hydrogens (primary N) is 1. The number of nitrogens with one attached hydrogen (secondary N) is 2. The van der Waals surface area contributed by atoms with E-state index in [1.807, 2.05) is 78.9 Å². The van der Waals surface area contributed by atoms with E-state index < -0.39 is 6.29 Å². The first-order valence-electron chi connectivity index (χ1n) is 17.2. The van der Waals surface area contributed by atoms with Gasteiger partial charge < -0.3 is 35.5 Å². The summed E-state index contributed by atoms with van der Waals surface area (Å²) < 4.78 is 14.7. The molecule has 2 heterocycles. The summed E-state index contributed by atoms with van der Waals surface area (Å²) in [4.78, 5) is 28.9. The molecule has 5 aromatic rings. The van der Waals surface area contributed by atoms with Gasteiger partial charge in [0, 0.05) is 31.4 Å². The number of benzene rings is 4. The zero-order chi connectivity index (χ0) is 36.5. The van der Waals surface area contributed by atoms with Crippen LogP contribution in [-0.2, 0) is 38.8 Å². The fourth-order valence-corrected chi connectivity index (χ4v) is 6.41. The Morgan fingerprint density at radius 2 is 1.58 bits per heavy atom. The molecular formula is C40H41Cl2N5O5. The van der Waals surface area contributed by atoms with Gasteiger partial charge in [0.15, 0.2) is 11.4 Å². The molecule has 6 rings (SSSR count). The number of rotatable bonds is 14. The largest absolute Gasteiger partial charge is 0.397 e. The molecule has 1 aliphatic rings. The number of amides is 2. The van der Waals surface area contributed by atoms with Crippen LogP contribution >= 0.6 is 23.2 Å². The highest BCUT2D eigenvalue weighted by atomic mass is 35.5. The second kappa shape index (κ2) is 17.7. The SMILES string of the molecule is Nc1ccccc1NC(=O)CCCCC(=O)NCc1cccc(-c2ccc(C3OC(Cn4cnc(Cl)c4Cl)CC(c4ccc(CO)cc4)O3)cc2)c1. The Balaban J connectivity index is 1.03. The summed E-state index contributed by atoms with van der Waals surface area (Å²) in [7, 11) is 0. The average Bonchev–Trinajstić information content (AvgIpc) is 3.49. The molecule has 1 aliphatic heterocycles. The van der Waals surface area contributed by atoms with Gasteiger partial charge in [0.2, 0.25) is 11.8 Å². The van der Waals surface area contributed by atoms with Crippen LogP contribution < -0.4 is 16.4 Å². The van der Waals surface area contributed by atoms with Crippen molar-refractivity contribution in [3.05, 3.63) is 136 Å². The van der Waals surface area contributed by atoms with Crippen molar-refractivity contribution in [2.24, 2.45) is 0 Å². The van der Waals surface area contributed by atoms with E-state index in [9.17, 15) is 14.7 Å². The predicted octanol–water partition coefficient (Wildman–Crippen LogP) is 7.99. The normalized spacial score (nSPS) is 17.1. The lowest BCUT2D eigenvalue weighted by Crippen LogP contribution is -2.32. The third kappa shape index (κ3) is 9.78. The maximum Gasteiger partial charge on any atom is 0.224 e. The van der Waals surface area contributed by atoms with Crippen LogP contribution in [0.25, 0.3) is 11.1 Å². The number of carbonyl (C=O) groups is 2. The molecule has 4 aromatic carbocycles. The lowest BCUT2D eigenvalue weighted by molar-refractivity contribution is -0.252. The van der Waals surface area contributed by atoms with Crippen LogP contribution in [0, 0.1) is 0 Å². The van der Waals surface area contributed by atoms with Crippen molar-refractivity contribution in [3.63, 3.8) is 0 Å². The Morgan fingerprint density at radius 1 is 0.846 bits per heavy atom. The third-order valence-corrected chi connectivity index (χ3v) is 9.74. The van der Waals surface area contributed by atoms with Crippen molar-refractivity contribution in [1.29, 1.82) is 0 Å². The van der Waals surface area contributed by atoms with Gasteiger partial charge in [-0.15, -0.1) is 0 Å². The van der Waals surface area contributed by atoms with E-state index in [1.165, 1.54) is 0 Å². The molecule has 5 N–H and O–H groups in total. The average molecular weight is 743 g/mol. The van der Waals surface area contributed by atoms with E-state index in [4.69, 9.17) is 38.4 Å². The number of nitrogen functional groups attached to an aromatic ring is 1. The number of para-hydroxylation sites is 2. The number of hydrogen-bond acceptors (Lipinski definition) is 7. The lowest BCUT2D eigenvalue weighted by Gasteiger charge is -2.36. The van der Waals surface area contributed by atoms with Crippen LogP contribution in [-0.4, -0.2) is 32.6 Å². The van der Waals surface area contributed by atoms with Gasteiger partial charge in [-0.05, 0) is 58.9 Å². The van der Waals surface area contributed by atoms with Gasteiger partial charge >= 0.3 is 0 Å². The third-order valence-electron chi connectivity index (χ3n) is 8.97. The minimum atomic E-state index is -0.633. The molecule has 0 bridgehead atoms. The number of carbonyl (C=O) groups excluding carboxylic acids is 2. The van der Waals surface area contributed by atoms with Crippen molar-refractivity contribution in [2.75, 3.05) is 11.1 Å². The highest BCUT2D eigenvalue weighted by Crippen LogP contribution is 2.39. The Hall–Kier alpha value is -4.71. The topological polar surface area (TPSA) is 141 Å². The molecule has 1 aromatic heterocycles. The lowest BCUT2D eigenvalue weighted by atomic mass is 9.99. The van der Waals surface area contributed by atoms with Crippen LogP contribution in [0.15, 0.2) is 103 Å². The Morgan fingerprint density at radius 3 is 2.29 bits per heavy atom. The van der Waals surface area contributed by atoms with Crippen LogP contribution in [0.1, 0.15) is 66.8 Å². The van der Waals surface area contributed by atoms with Gasteiger partial charge in [0.05, 0.1) is 43.1 Å². The first kappa shape index (κ1) is 37.1. The molecule has 1 fully saturated rings. The summed E-state index contributed by atoms with van der Waals surface area (Å²) in [6.45, 7) is 0.822. The second-order valence-electron chi connectivity index (χ2n) is 12.8. The van der Waals surface area contributed by atoms with Gasteiger partial charge in [0.1, 0.15) is 5.15 Å². The number of anilines is 2. The number of imidazole rings is 1. The smallest absolute Gasteiger partial charge is 0.224 e. The number of aliphatic hydroxyl groups is 1. The van der Waals surface area contributed by atoms with Gasteiger partial charge in [-0.2, -0.15) is 0 Å². The number of aliphatic hydroxyl groups excluding tert-OH is 1. The molecule has 3 unspecified atom stereocenters. The second-order valence-corrected chi connectivity index (χ2v) is 13.5. The minimum absolute atomic E-state index is 0.0283. The first-order chi connectivity index (χ1) is 25.2. The van der Waals surface area contributed by atoms with E-state index >= 15 is 0 Å². The summed E-state index contributed by atoms with van der Waals surface area (Å²) in [6, 6.07) is 31.0. The summed E-state index contributed by atoms with van der Waals surface area (Å²) in [5, 5.41) is 15.9. The standard InChI is InChI=1S/C40H41Cl2N5O5/c41-38-39(42)47(25-45-38)23-32-21-35(29-14-12-26(24-48)13-15-29)52-40(51-32)30-18-16-28(17-19-30)31-7-5-6-27(20-31)22-44-36(49)10-3-4-11-37(50)46-34-9-2-1-8-33(34)43/h1-2,5-9,12-20,25,32,35,40,48H,3-4,10-11,21-24,43H2,(H,44,49)(H,46,50). The molecule has 0 radical (unpaired) electrons. The fraction of sp³-hybridized carbons (Fsp3) is 0.275. The summed E-state index contributed by atoms with van der Waals surface area (Å²) in [5.74, 6) is -0.184. The number of nitrogens with zero attached hydrogens (tertiary/aromatic N) is 2. The van der Waals surface area contributed by atoms with Crippen LogP contribution in [0.2, 0.25) is 10.3 Å². The maximum absolute atomic E-state index is 12.5. The molecule has 3 atom stereocenters. The van der Waals surface area contributed by atoms with E-state index in [2.05, 4.69) is 21.7 Å². The molecule has 10 nitrogen and oxygen atoms in total. The number of ether oxygens (including phenoxy) is 2. The van der Waals surface area contributed by atoms with Crippen molar-refractivity contribution >= 4 is 46.4 Å². The summed E-state index contributed by atoms with van der Waals surface area (Å²) >= 11 is 12.5. The molecular weight excluding hydrogens is 701 g/mol. The van der Waals surface area contributed by atoms with Crippen molar-refractivity contribution < 1.29 is 24.2 Å². The van der Waals surface area contributed by atoms with E-state index in [0.29, 0.717) is 61.7 Å². The van der Waals surface area contributed by atoms with Crippen LogP contribution in [0.3, 0.4) is 0 Å². The zero-order valence-corrected chi connectivity index (χ0v) is 30.0. The van der Waals surface area contributed by atoms with Crippen LogP contribution in [0.4, 0.5) is 11.4 Å². The quantitative estimate of drug-likeness (QED) is 0.0668. The summed E-state index contributed by atoms with van der Waals surface area (Å²) in [5.41, 5.74) is 12.7. The molecule has 0 saturated carbocycles. The molecule has 1 saturated heterocycles. The van der Waals surface area contributed by atoms with Crippen molar-refractivity contribution in [3.8, 4) is 11.1 Å². The van der Waals surface area contributed by atoms with Gasteiger partial charge in [-0.3, -0.25) is 9.59 Å². The Kier molecular flexibility index (Phi) is 12.6. The van der Waals surface area contributed by atoms with Gasteiger partial charge in [-0.25, -0.2) is 4.98 Å². The fourth-order valence-electron chi connectivity index (χ4n) is 6.10. The van der Waals surface area contributed by atoms with Gasteiger partial charge in [-0.1, -0.05) is 102 Å². The Labute approximate surface area is 312 Å². The molecule has 270 valence electrons. The molecule has 12 heteroatoms. The number of halogens is 2. The number of aromatic nitrogens is 2. The molecule has 0 spiro atoms. The molecule has 0 aliphatic carbocycles. The monoisotopic (exact) mass is 741 g/mol. The summed E-state index contributed by atoms with van der Waals surface area (Å²) in [6.07, 6.45) is 2.93. The minimum Gasteiger partial charge on any atom is -0.397 e. The highest BCUT2D eigenvalue weighted by Gasteiger charge is 2.33. The maximum atomic E-state index is 12.5. The Bertz CT molecular complexity index is 1970. The van der Waals surface area contributed by atoms with E-state index in [1.54, 1.807) is 23.0 Å². The first-order valence-corrected chi connectivity index (χ1v) is 18.0. The van der Waals surface area contributed by atoms with E-state index in [0.717, 1.165) is 33.4 Å². The van der Waals surface area contributed by atoms with Crippen molar-refractivity contribution in [1.82, 2.24) is 14.9 Å². The molecule has 52 heavy (non-hydrogen) atoms. The number of unbranched alkanes of at least 4 members (excludes halogenated alkanes) is 1. The highest BCUT2D eigenvalue weighted by molar-refractivity contribution is 6.40. The predicted molar refractivity (Wildman–Crippen MR) is 202 cm³/mol. The van der Waals surface area contributed by atoms with Gasteiger partial charge in [0.25, 0.3) is 0 Å². The van der Waals surface area contributed by atoms with Crippen molar-refractivity contribution in [2.45, 2.75) is 70.3 Å².